The van der Waals surface area contributed by atoms with Gasteiger partial charge in [-0.15, -0.1) is 11.3 Å². The summed E-state index contributed by atoms with van der Waals surface area (Å²) in [4.78, 5) is 2.55. The molecule has 0 saturated carbocycles. The molecule has 2 nitrogen and oxygen atoms in total. The van der Waals surface area contributed by atoms with Gasteiger partial charge in [-0.25, -0.2) is 0 Å². The molecule has 1 aromatic heterocycles. The number of thiophene rings is 1. The van der Waals surface area contributed by atoms with Crippen LogP contribution in [0.25, 0.3) is 0 Å². The van der Waals surface area contributed by atoms with Gasteiger partial charge in [0.2, 0.25) is 0 Å². The Hall–Kier alpha value is -0.380. The molecule has 0 saturated heterocycles. The number of rotatable bonds is 3. The second kappa shape index (κ2) is 4.43. The lowest BCUT2D eigenvalue weighted by Crippen LogP contribution is -2.18. The first-order chi connectivity index (χ1) is 6.42. The highest BCUT2D eigenvalue weighted by Gasteiger charge is 2.12. The molecule has 0 radical (unpaired) electrons. The van der Waals surface area contributed by atoms with Crippen molar-refractivity contribution < 1.29 is 4.74 Å². The first-order valence-corrected chi connectivity index (χ1v) is 5.66. The van der Waals surface area contributed by atoms with Crippen LogP contribution in [0.3, 0.4) is 0 Å². The highest BCUT2D eigenvalue weighted by atomic mass is 32.1. The molecule has 0 aromatic carbocycles. The molecule has 0 spiro atoms. The molecule has 80 valence electrons. The first-order valence-electron chi connectivity index (χ1n) is 4.84. The maximum absolute atomic E-state index is 5.72. The Morgan fingerprint density at radius 2 is 2.07 bits per heavy atom. The van der Waals surface area contributed by atoms with Crippen molar-refractivity contribution in [3.63, 3.8) is 0 Å². The second-order valence-corrected chi connectivity index (χ2v) is 5.74. The van der Waals surface area contributed by atoms with Gasteiger partial charge in [-0.2, -0.15) is 0 Å². The monoisotopic (exact) mass is 213 g/mol. The second-order valence-electron chi connectivity index (χ2n) is 4.40. The van der Waals surface area contributed by atoms with Gasteiger partial charge in [0.1, 0.15) is 0 Å². The number of hydrogen-bond acceptors (Lipinski definition) is 3. The van der Waals surface area contributed by atoms with Crippen LogP contribution in [-0.4, -0.2) is 5.60 Å². The van der Waals surface area contributed by atoms with E-state index < -0.39 is 0 Å². The molecular weight excluding hydrogens is 194 g/mol. The minimum atomic E-state index is -0.0722. The summed E-state index contributed by atoms with van der Waals surface area (Å²) < 4.78 is 5.72. The standard InChI is InChI=1S/C11H19NOS/c1-8-9(5-10(6-12)14-8)7-13-11(2,3)4/h5H,6-7,12H2,1-4H3. The first kappa shape index (κ1) is 11.7. The molecule has 14 heavy (non-hydrogen) atoms. The maximum atomic E-state index is 5.72. The molecule has 0 aliphatic carbocycles. The van der Waals surface area contributed by atoms with Crippen molar-refractivity contribution in [1.29, 1.82) is 0 Å². The fourth-order valence-electron chi connectivity index (χ4n) is 1.13. The van der Waals surface area contributed by atoms with Crippen LogP contribution in [-0.2, 0) is 17.9 Å². The third-order valence-corrected chi connectivity index (χ3v) is 3.05. The van der Waals surface area contributed by atoms with Gasteiger partial charge in [0.25, 0.3) is 0 Å². The van der Waals surface area contributed by atoms with Crippen LogP contribution < -0.4 is 5.73 Å². The van der Waals surface area contributed by atoms with E-state index in [1.165, 1.54) is 15.3 Å². The van der Waals surface area contributed by atoms with Crippen LogP contribution in [0.5, 0.6) is 0 Å². The SMILES string of the molecule is Cc1sc(CN)cc1COC(C)(C)C. The van der Waals surface area contributed by atoms with Crippen molar-refractivity contribution in [3.05, 3.63) is 21.4 Å². The topological polar surface area (TPSA) is 35.2 Å². The zero-order valence-electron chi connectivity index (χ0n) is 9.39. The molecule has 0 aliphatic rings. The summed E-state index contributed by atoms with van der Waals surface area (Å²) in [5.41, 5.74) is 6.78. The van der Waals surface area contributed by atoms with Crippen LogP contribution in [0.1, 0.15) is 36.1 Å². The molecule has 0 amide bonds. The quantitative estimate of drug-likeness (QED) is 0.838. The van der Waals surface area contributed by atoms with Gasteiger partial charge in [-0.3, -0.25) is 0 Å². The lowest BCUT2D eigenvalue weighted by molar-refractivity contribution is -0.0150. The Balaban J connectivity index is 2.63. The Kier molecular flexibility index (Phi) is 3.70. The van der Waals surface area contributed by atoms with E-state index in [1.807, 2.05) is 0 Å². The Labute approximate surface area is 90.1 Å². The van der Waals surface area contributed by atoms with Gasteiger partial charge in [0.05, 0.1) is 12.2 Å². The predicted octanol–water partition coefficient (Wildman–Crippen LogP) is 2.83. The zero-order chi connectivity index (χ0) is 10.8. The summed E-state index contributed by atoms with van der Waals surface area (Å²) in [5, 5.41) is 0. The van der Waals surface area contributed by atoms with Gasteiger partial charge >= 0.3 is 0 Å². The van der Waals surface area contributed by atoms with Gasteiger partial charge < -0.3 is 10.5 Å². The summed E-state index contributed by atoms with van der Waals surface area (Å²) in [5.74, 6) is 0. The molecule has 0 bridgehead atoms. The van der Waals surface area contributed by atoms with Crippen LogP contribution in [0.15, 0.2) is 6.07 Å². The molecule has 0 atom stereocenters. The smallest absolute Gasteiger partial charge is 0.0734 e. The minimum absolute atomic E-state index is 0.0722. The van der Waals surface area contributed by atoms with Crippen molar-refractivity contribution in [3.8, 4) is 0 Å². The lowest BCUT2D eigenvalue weighted by atomic mass is 10.2. The van der Waals surface area contributed by atoms with E-state index in [0.29, 0.717) is 13.2 Å². The van der Waals surface area contributed by atoms with Crippen molar-refractivity contribution in [2.45, 2.75) is 46.4 Å². The molecule has 2 N–H and O–H groups in total. The van der Waals surface area contributed by atoms with Crippen LogP contribution in [0.4, 0.5) is 0 Å². The summed E-state index contributed by atoms with van der Waals surface area (Å²) in [6.45, 7) is 9.63. The highest BCUT2D eigenvalue weighted by Crippen LogP contribution is 2.23. The molecule has 1 aromatic rings. The Morgan fingerprint density at radius 1 is 1.43 bits per heavy atom. The summed E-state index contributed by atoms with van der Waals surface area (Å²) >= 11 is 1.76. The molecule has 0 aliphatic heterocycles. The van der Waals surface area contributed by atoms with E-state index in [0.717, 1.165) is 0 Å². The zero-order valence-corrected chi connectivity index (χ0v) is 10.2. The van der Waals surface area contributed by atoms with Crippen molar-refractivity contribution >= 4 is 11.3 Å². The molecule has 0 fully saturated rings. The van der Waals surface area contributed by atoms with Gasteiger partial charge in [0.15, 0.2) is 0 Å². The average molecular weight is 213 g/mol. The van der Waals surface area contributed by atoms with Gasteiger partial charge in [0, 0.05) is 16.3 Å². The normalized spacial score (nSPS) is 12.1. The Morgan fingerprint density at radius 3 is 2.50 bits per heavy atom. The minimum Gasteiger partial charge on any atom is -0.371 e. The van der Waals surface area contributed by atoms with Crippen LogP contribution in [0.2, 0.25) is 0 Å². The third-order valence-electron chi connectivity index (χ3n) is 1.93. The maximum Gasteiger partial charge on any atom is 0.0734 e. The van der Waals surface area contributed by atoms with Crippen molar-refractivity contribution in [2.75, 3.05) is 0 Å². The van der Waals surface area contributed by atoms with Crippen LogP contribution in [0, 0.1) is 6.92 Å². The predicted molar refractivity (Wildman–Crippen MR) is 61.5 cm³/mol. The van der Waals surface area contributed by atoms with Gasteiger partial charge in [-0.1, -0.05) is 0 Å². The lowest BCUT2D eigenvalue weighted by Gasteiger charge is -2.19. The molecular formula is C11H19NOS. The van der Waals surface area contributed by atoms with E-state index in [-0.39, 0.29) is 5.60 Å². The van der Waals surface area contributed by atoms with E-state index in [1.54, 1.807) is 11.3 Å². The highest BCUT2D eigenvalue weighted by molar-refractivity contribution is 7.12. The van der Waals surface area contributed by atoms with E-state index in [9.17, 15) is 0 Å². The van der Waals surface area contributed by atoms with E-state index >= 15 is 0 Å². The Bertz CT molecular complexity index is 299. The summed E-state index contributed by atoms with van der Waals surface area (Å²) in [6, 6.07) is 2.14. The van der Waals surface area contributed by atoms with Crippen LogP contribution >= 0.6 is 11.3 Å². The third kappa shape index (κ3) is 3.40. The van der Waals surface area contributed by atoms with Crippen molar-refractivity contribution in [1.82, 2.24) is 0 Å². The van der Waals surface area contributed by atoms with Crippen molar-refractivity contribution in [2.24, 2.45) is 5.73 Å². The molecule has 1 rings (SSSR count). The molecule has 0 unspecified atom stereocenters. The largest absolute Gasteiger partial charge is 0.371 e. The average Bonchev–Trinajstić information content (AvgIpc) is 2.42. The van der Waals surface area contributed by atoms with Gasteiger partial charge in [-0.05, 0) is 39.3 Å². The fraction of sp³-hybridized carbons (Fsp3) is 0.636. The number of hydrogen-bond donors (Lipinski definition) is 1. The summed E-state index contributed by atoms with van der Waals surface area (Å²) in [6.07, 6.45) is 0. The molecule has 1 heterocycles. The summed E-state index contributed by atoms with van der Waals surface area (Å²) in [7, 11) is 0. The number of aryl methyl sites for hydroxylation is 1. The van der Waals surface area contributed by atoms with E-state index in [4.69, 9.17) is 10.5 Å². The molecule has 3 heteroatoms. The fourth-order valence-corrected chi connectivity index (χ4v) is 2.05. The number of ether oxygens (including phenoxy) is 1. The number of nitrogens with two attached hydrogens (primary N) is 1. The van der Waals surface area contributed by atoms with E-state index in [2.05, 4.69) is 33.8 Å².